The van der Waals surface area contributed by atoms with Gasteiger partial charge in [-0.15, -0.1) is 0 Å². The molecule has 0 unspecified atom stereocenters. The summed E-state index contributed by atoms with van der Waals surface area (Å²) in [5.74, 6) is 1.31. The first kappa shape index (κ1) is 12.3. The second-order valence-electron chi connectivity index (χ2n) is 4.82. The highest BCUT2D eigenvalue weighted by atomic mass is 32.2. The topological polar surface area (TPSA) is 98.0 Å². The molecule has 0 saturated carbocycles. The summed E-state index contributed by atoms with van der Waals surface area (Å²) in [6.07, 6.45) is 2.10. The summed E-state index contributed by atoms with van der Waals surface area (Å²) in [4.78, 5) is 8.15. The molecule has 2 aromatic rings. The molecule has 102 valence electrons. The number of aromatic nitrogens is 3. The molecule has 0 amide bonds. The second-order valence-corrected chi connectivity index (χ2v) is 7.05. The third kappa shape index (κ3) is 2.40. The number of nitrogens with zero attached hydrogens (tertiary/aromatic N) is 3. The van der Waals surface area contributed by atoms with Gasteiger partial charge in [0.25, 0.3) is 5.71 Å². The molecule has 3 rings (SSSR count). The van der Waals surface area contributed by atoms with Crippen LogP contribution in [0.1, 0.15) is 12.1 Å². The molecule has 0 bridgehead atoms. The molecule has 0 radical (unpaired) electrons. The first-order valence-corrected chi connectivity index (χ1v) is 7.88. The number of hydrogen-bond acceptors (Lipinski definition) is 7. The van der Waals surface area contributed by atoms with Gasteiger partial charge in [0.1, 0.15) is 17.5 Å². The lowest BCUT2D eigenvalue weighted by molar-refractivity contribution is 0.442. The molecule has 3 heterocycles. The summed E-state index contributed by atoms with van der Waals surface area (Å²) in [7, 11) is -2.84. The van der Waals surface area contributed by atoms with Gasteiger partial charge >= 0.3 is 0 Å². The molecule has 8 heteroatoms. The maximum atomic E-state index is 11.4. The fourth-order valence-corrected chi connectivity index (χ4v) is 4.19. The van der Waals surface area contributed by atoms with Crippen LogP contribution < -0.4 is 5.32 Å². The van der Waals surface area contributed by atoms with Crippen molar-refractivity contribution in [2.75, 3.05) is 23.4 Å². The predicted octanol–water partition coefficient (Wildman–Crippen LogP) is 0.773. The van der Waals surface area contributed by atoms with E-state index in [-0.39, 0.29) is 17.4 Å². The van der Waals surface area contributed by atoms with E-state index < -0.39 is 9.84 Å². The van der Waals surface area contributed by atoms with Gasteiger partial charge in [0.05, 0.1) is 17.2 Å². The molecule has 7 nitrogen and oxygen atoms in total. The van der Waals surface area contributed by atoms with Crippen molar-refractivity contribution >= 4 is 26.8 Å². The molecule has 1 fully saturated rings. The standard InChI is InChI=1S/C11H14N4O3S/c1-7-9-10(13-6-14-11(9)18-15-7)12-4-8-2-3-19(16,17)5-8/h6,8H,2-5H2,1H3,(H,12,13,14)/t8-/m0/s1. The van der Waals surface area contributed by atoms with Gasteiger partial charge in [-0.25, -0.2) is 13.4 Å². The Morgan fingerprint density at radius 1 is 1.47 bits per heavy atom. The van der Waals surface area contributed by atoms with Gasteiger partial charge in [0, 0.05) is 6.54 Å². The van der Waals surface area contributed by atoms with Crippen LogP contribution in [0.15, 0.2) is 10.9 Å². The molecule has 1 aliphatic rings. The second kappa shape index (κ2) is 4.44. The molecular formula is C11H14N4O3S. The molecule has 1 atom stereocenters. The van der Waals surface area contributed by atoms with Crippen LogP contribution >= 0.6 is 0 Å². The summed E-state index contributed by atoms with van der Waals surface area (Å²) in [6, 6.07) is 0. The maximum absolute atomic E-state index is 11.4. The molecule has 0 aromatic carbocycles. The van der Waals surface area contributed by atoms with Crippen molar-refractivity contribution in [3.05, 3.63) is 12.0 Å². The summed E-state index contributed by atoms with van der Waals surface area (Å²) in [5, 5.41) is 7.78. The quantitative estimate of drug-likeness (QED) is 0.887. The lowest BCUT2D eigenvalue weighted by Crippen LogP contribution is -2.16. The normalized spacial score (nSPS) is 21.8. The largest absolute Gasteiger partial charge is 0.369 e. The van der Waals surface area contributed by atoms with Gasteiger partial charge in [-0.05, 0) is 19.3 Å². The van der Waals surface area contributed by atoms with Crippen LogP contribution in [0, 0.1) is 12.8 Å². The smallest absolute Gasteiger partial charge is 0.263 e. The zero-order valence-corrected chi connectivity index (χ0v) is 11.3. The SMILES string of the molecule is Cc1noc2ncnc(NC[C@@H]3CCS(=O)(=O)C3)c12. The molecule has 0 aliphatic carbocycles. The van der Waals surface area contributed by atoms with Crippen LogP contribution in [-0.4, -0.2) is 41.6 Å². The Bertz CT molecular complexity index is 710. The molecule has 2 aromatic heterocycles. The molecule has 1 saturated heterocycles. The summed E-state index contributed by atoms with van der Waals surface area (Å²) >= 11 is 0. The van der Waals surface area contributed by atoms with Crippen LogP contribution in [0.2, 0.25) is 0 Å². The van der Waals surface area contributed by atoms with Gasteiger partial charge in [-0.1, -0.05) is 5.16 Å². The zero-order chi connectivity index (χ0) is 13.5. The van der Waals surface area contributed by atoms with E-state index in [0.717, 1.165) is 11.1 Å². The van der Waals surface area contributed by atoms with Crippen LogP contribution in [0.25, 0.3) is 11.1 Å². The number of nitrogens with one attached hydrogen (secondary N) is 1. The van der Waals surface area contributed by atoms with E-state index in [9.17, 15) is 8.42 Å². The summed E-state index contributed by atoms with van der Waals surface area (Å²) in [5.41, 5.74) is 1.16. The lowest BCUT2D eigenvalue weighted by Gasteiger charge is -2.10. The number of anilines is 1. The van der Waals surface area contributed by atoms with Crippen molar-refractivity contribution in [2.24, 2.45) is 5.92 Å². The van der Waals surface area contributed by atoms with Crippen molar-refractivity contribution in [1.29, 1.82) is 0 Å². The molecule has 1 aliphatic heterocycles. The summed E-state index contributed by atoms with van der Waals surface area (Å²) in [6.45, 7) is 2.40. The Kier molecular flexibility index (Phi) is 2.89. The molecule has 19 heavy (non-hydrogen) atoms. The van der Waals surface area contributed by atoms with Gasteiger partial charge in [0.15, 0.2) is 9.84 Å². The average Bonchev–Trinajstić information content (AvgIpc) is 2.91. The van der Waals surface area contributed by atoms with E-state index in [4.69, 9.17) is 4.52 Å². The van der Waals surface area contributed by atoms with Crippen LogP contribution in [0.4, 0.5) is 5.82 Å². The fourth-order valence-electron chi connectivity index (χ4n) is 2.33. The number of sulfone groups is 1. The van der Waals surface area contributed by atoms with Crippen molar-refractivity contribution in [1.82, 2.24) is 15.1 Å². The average molecular weight is 282 g/mol. The van der Waals surface area contributed by atoms with Gasteiger partial charge in [0.2, 0.25) is 0 Å². The zero-order valence-electron chi connectivity index (χ0n) is 10.5. The van der Waals surface area contributed by atoms with E-state index in [0.29, 0.717) is 24.5 Å². The monoisotopic (exact) mass is 282 g/mol. The van der Waals surface area contributed by atoms with Crippen molar-refractivity contribution in [2.45, 2.75) is 13.3 Å². The number of aryl methyl sites for hydroxylation is 1. The van der Waals surface area contributed by atoms with Gasteiger partial charge in [-0.2, -0.15) is 4.98 Å². The Balaban J connectivity index is 1.77. The van der Waals surface area contributed by atoms with E-state index in [1.165, 1.54) is 6.33 Å². The minimum atomic E-state index is -2.84. The van der Waals surface area contributed by atoms with E-state index >= 15 is 0 Å². The Hall–Kier alpha value is -1.70. The highest BCUT2D eigenvalue weighted by Gasteiger charge is 2.27. The fraction of sp³-hybridized carbons (Fsp3) is 0.545. The Labute approximate surface area is 110 Å². The van der Waals surface area contributed by atoms with E-state index in [2.05, 4.69) is 20.4 Å². The first-order chi connectivity index (χ1) is 9.05. The van der Waals surface area contributed by atoms with Crippen LogP contribution in [0.5, 0.6) is 0 Å². The first-order valence-electron chi connectivity index (χ1n) is 6.06. The van der Waals surface area contributed by atoms with Crippen LogP contribution in [0.3, 0.4) is 0 Å². The van der Waals surface area contributed by atoms with Gasteiger partial charge < -0.3 is 9.84 Å². The minimum absolute atomic E-state index is 0.134. The van der Waals surface area contributed by atoms with Crippen molar-refractivity contribution < 1.29 is 12.9 Å². The third-order valence-corrected chi connectivity index (χ3v) is 5.17. The van der Waals surface area contributed by atoms with E-state index in [1.807, 2.05) is 6.92 Å². The summed E-state index contributed by atoms with van der Waals surface area (Å²) < 4.78 is 27.9. The molecule has 0 spiro atoms. The molecule has 1 N–H and O–H groups in total. The van der Waals surface area contributed by atoms with Crippen molar-refractivity contribution in [3.8, 4) is 0 Å². The van der Waals surface area contributed by atoms with Crippen LogP contribution in [-0.2, 0) is 9.84 Å². The van der Waals surface area contributed by atoms with Crippen molar-refractivity contribution in [3.63, 3.8) is 0 Å². The number of rotatable bonds is 3. The third-order valence-electron chi connectivity index (χ3n) is 3.33. The highest BCUT2D eigenvalue weighted by molar-refractivity contribution is 7.91. The maximum Gasteiger partial charge on any atom is 0.263 e. The Morgan fingerprint density at radius 3 is 3.05 bits per heavy atom. The van der Waals surface area contributed by atoms with Gasteiger partial charge in [-0.3, -0.25) is 0 Å². The van der Waals surface area contributed by atoms with E-state index in [1.54, 1.807) is 0 Å². The lowest BCUT2D eigenvalue weighted by atomic mass is 10.1. The Morgan fingerprint density at radius 2 is 2.32 bits per heavy atom. The molecular weight excluding hydrogens is 268 g/mol. The number of fused-ring (bicyclic) bond motifs is 1. The minimum Gasteiger partial charge on any atom is -0.369 e. The highest BCUT2D eigenvalue weighted by Crippen LogP contribution is 2.24. The predicted molar refractivity (Wildman–Crippen MR) is 69.6 cm³/mol. The number of hydrogen-bond donors (Lipinski definition) is 1.